The van der Waals surface area contributed by atoms with Crippen molar-refractivity contribution in [2.45, 2.75) is 13.5 Å². The zero-order valence-corrected chi connectivity index (χ0v) is 16.2. The van der Waals surface area contributed by atoms with Crippen LogP contribution < -0.4 is 15.8 Å². The van der Waals surface area contributed by atoms with E-state index >= 15 is 0 Å². The van der Waals surface area contributed by atoms with E-state index < -0.39 is 0 Å². The van der Waals surface area contributed by atoms with Gasteiger partial charge in [0.2, 0.25) is 5.91 Å². The van der Waals surface area contributed by atoms with E-state index in [-0.39, 0.29) is 18.0 Å². The van der Waals surface area contributed by atoms with Crippen molar-refractivity contribution in [2.24, 2.45) is 0 Å². The number of halogens is 1. The molecular weight excluding hydrogens is 396 g/mol. The topological polar surface area (TPSA) is 67.2 Å². The van der Waals surface area contributed by atoms with Gasteiger partial charge in [-0.15, -0.1) is 0 Å². The Morgan fingerprint density at radius 2 is 2.08 bits per heavy atom. The van der Waals surface area contributed by atoms with E-state index in [1.165, 1.54) is 10.9 Å². The van der Waals surface area contributed by atoms with Gasteiger partial charge < -0.3 is 10.2 Å². The van der Waals surface area contributed by atoms with Crippen LogP contribution in [0.2, 0.25) is 0 Å². The lowest BCUT2D eigenvalue weighted by molar-refractivity contribution is -0.116. The Labute approximate surface area is 159 Å². The second-order valence-corrected chi connectivity index (χ2v) is 6.87. The van der Waals surface area contributed by atoms with Gasteiger partial charge in [0.05, 0.1) is 17.2 Å². The average molecular weight is 415 g/mol. The second-order valence-electron chi connectivity index (χ2n) is 5.95. The van der Waals surface area contributed by atoms with Crippen LogP contribution in [0.5, 0.6) is 0 Å². The molecule has 0 aliphatic heterocycles. The summed E-state index contributed by atoms with van der Waals surface area (Å²) < 4.78 is 2.11. The minimum Gasteiger partial charge on any atom is -0.375 e. The molecule has 1 amide bonds. The van der Waals surface area contributed by atoms with E-state index in [0.29, 0.717) is 16.6 Å². The molecule has 26 heavy (non-hydrogen) atoms. The van der Waals surface area contributed by atoms with Gasteiger partial charge in [-0.1, -0.05) is 22.0 Å². The van der Waals surface area contributed by atoms with Crippen LogP contribution in [0.4, 0.5) is 11.4 Å². The minimum atomic E-state index is -0.278. The molecule has 3 aromatic rings. The molecule has 3 rings (SSSR count). The van der Waals surface area contributed by atoms with E-state index in [0.717, 1.165) is 16.7 Å². The van der Waals surface area contributed by atoms with E-state index in [9.17, 15) is 9.59 Å². The molecule has 1 heterocycles. The maximum Gasteiger partial charge on any atom is 0.261 e. The first kappa shape index (κ1) is 18.1. The summed E-state index contributed by atoms with van der Waals surface area (Å²) in [6, 6.07) is 12.9. The lowest BCUT2D eigenvalue weighted by atomic mass is 10.2. The Morgan fingerprint density at radius 1 is 1.27 bits per heavy atom. The summed E-state index contributed by atoms with van der Waals surface area (Å²) in [6.45, 7) is 2.83. The van der Waals surface area contributed by atoms with Crippen molar-refractivity contribution in [1.82, 2.24) is 9.55 Å². The third-order valence-electron chi connectivity index (χ3n) is 4.15. The number of benzene rings is 2. The van der Waals surface area contributed by atoms with Gasteiger partial charge in [-0.05, 0) is 43.3 Å². The molecular formula is C19H19BrN4O2. The number of rotatable bonds is 5. The molecule has 7 heteroatoms. The highest BCUT2D eigenvalue weighted by atomic mass is 79.9. The van der Waals surface area contributed by atoms with E-state index in [2.05, 4.69) is 38.1 Å². The predicted molar refractivity (Wildman–Crippen MR) is 108 cm³/mol. The van der Waals surface area contributed by atoms with Crippen molar-refractivity contribution in [2.75, 3.05) is 23.8 Å². The lowest BCUT2D eigenvalue weighted by Crippen LogP contribution is -2.28. The van der Waals surface area contributed by atoms with Gasteiger partial charge in [0.15, 0.2) is 0 Å². The number of anilines is 2. The molecule has 0 fully saturated rings. The Morgan fingerprint density at radius 3 is 2.85 bits per heavy atom. The molecule has 0 aliphatic carbocycles. The molecule has 134 valence electrons. The van der Waals surface area contributed by atoms with Crippen molar-refractivity contribution >= 4 is 44.1 Å². The molecule has 0 bridgehead atoms. The molecule has 0 unspecified atom stereocenters. The lowest BCUT2D eigenvalue weighted by Gasteiger charge is -2.17. The molecule has 0 radical (unpaired) electrons. The fraction of sp³-hybridized carbons (Fsp3) is 0.211. The molecule has 0 atom stereocenters. The van der Waals surface area contributed by atoms with Crippen LogP contribution in [0.15, 0.2) is 58.1 Å². The highest BCUT2D eigenvalue weighted by Gasteiger charge is 2.09. The predicted octanol–water partition coefficient (Wildman–Crippen LogP) is 3.25. The monoisotopic (exact) mass is 414 g/mol. The van der Waals surface area contributed by atoms with Gasteiger partial charge in [-0.2, -0.15) is 0 Å². The number of hydrogen-bond donors (Lipinski definition) is 1. The van der Waals surface area contributed by atoms with E-state index in [4.69, 9.17) is 0 Å². The minimum absolute atomic E-state index is 0.0951. The second kappa shape index (κ2) is 7.70. The number of carbonyl (C=O) groups excluding carboxylic acids is 1. The van der Waals surface area contributed by atoms with Crippen LogP contribution in [0.3, 0.4) is 0 Å². The SMILES string of the molecule is CCN(C)c1cccc(NC(=O)Cn2cnc3ccc(Br)cc3c2=O)c1. The molecule has 2 aromatic carbocycles. The largest absolute Gasteiger partial charge is 0.375 e. The Bertz CT molecular complexity index is 1020. The highest BCUT2D eigenvalue weighted by molar-refractivity contribution is 9.10. The maximum atomic E-state index is 12.6. The smallest absolute Gasteiger partial charge is 0.261 e. The Balaban J connectivity index is 1.79. The summed E-state index contributed by atoms with van der Waals surface area (Å²) >= 11 is 3.35. The van der Waals surface area contributed by atoms with Gasteiger partial charge in [0, 0.05) is 29.4 Å². The third-order valence-corrected chi connectivity index (χ3v) is 4.64. The zero-order valence-electron chi connectivity index (χ0n) is 14.6. The summed E-state index contributed by atoms with van der Waals surface area (Å²) in [4.78, 5) is 31.3. The number of carbonyl (C=O) groups is 1. The molecule has 0 saturated carbocycles. The first-order chi connectivity index (χ1) is 12.5. The zero-order chi connectivity index (χ0) is 18.7. The van der Waals surface area contributed by atoms with Crippen LogP contribution >= 0.6 is 15.9 Å². The Hall–Kier alpha value is -2.67. The third kappa shape index (κ3) is 3.94. The van der Waals surface area contributed by atoms with Crippen molar-refractivity contribution in [1.29, 1.82) is 0 Å². The van der Waals surface area contributed by atoms with Crippen LogP contribution in [0, 0.1) is 0 Å². The average Bonchev–Trinajstić information content (AvgIpc) is 2.64. The van der Waals surface area contributed by atoms with Gasteiger partial charge in [0.1, 0.15) is 6.54 Å². The number of aromatic nitrogens is 2. The van der Waals surface area contributed by atoms with Crippen molar-refractivity contribution < 1.29 is 4.79 Å². The molecule has 6 nitrogen and oxygen atoms in total. The first-order valence-electron chi connectivity index (χ1n) is 8.23. The number of nitrogens with one attached hydrogen (secondary N) is 1. The van der Waals surface area contributed by atoms with E-state index in [1.54, 1.807) is 12.1 Å². The summed E-state index contributed by atoms with van der Waals surface area (Å²) in [5.41, 5.74) is 2.06. The molecule has 0 aliphatic rings. The number of amides is 1. The van der Waals surface area contributed by atoms with Crippen molar-refractivity contribution in [3.8, 4) is 0 Å². The molecule has 1 N–H and O–H groups in total. The van der Waals surface area contributed by atoms with Crippen LogP contribution in [-0.4, -0.2) is 29.1 Å². The fourth-order valence-corrected chi connectivity index (χ4v) is 2.96. The van der Waals surface area contributed by atoms with Crippen molar-refractivity contribution in [3.63, 3.8) is 0 Å². The summed E-state index contributed by atoms with van der Waals surface area (Å²) in [6.07, 6.45) is 1.40. The van der Waals surface area contributed by atoms with Gasteiger partial charge in [-0.25, -0.2) is 4.98 Å². The van der Waals surface area contributed by atoms with Crippen LogP contribution in [-0.2, 0) is 11.3 Å². The van der Waals surface area contributed by atoms with Gasteiger partial charge in [0.25, 0.3) is 5.56 Å². The quantitative estimate of drug-likeness (QED) is 0.695. The first-order valence-corrected chi connectivity index (χ1v) is 9.03. The molecule has 1 aromatic heterocycles. The molecule has 0 spiro atoms. The Kier molecular flexibility index (Phi) is 5.37. The number of hydrogen-bond acceptors (Lipinski definition) is 4. The normalized spacial score (nSPS) is 10.7. The summed E-state index contributed by atoms with van der Waals surface area (Å²) in [5, 5.41) is 3.31. The maximum absolute atomic E-state index is 12.6. The number of fused-ring (bicyclic) bond motifs is 1. The van der Waals surface area contributed by atoms with Crippen LogP contribution in [0.25, 0.3) is 10.9 Å². The van der Waals surface area contributed by atoms with E-state index in [1.807, 2.05) is 37.4 Å². The fourth-order valence-electron chi connectivity index (χ4n) is 2.60. The number of nitrogens with zero attached hydrogens (tertiary/aromatic N) is 3. The molecule has 0 saturated heterocycles. The van der Waals surface area contributed by atoms with Gasteiger partial charge in [-0.3, -0.25) is 14.2 Å². The van der Waals surface area contributed by atoms with Crippen LogP contribution in [0.1, 0.15) is 6.92 Å². The summed E-state index contributed by atoms with van der Waals surface area (Å²) in [5.74, 6) is -0.278. The highest BCUT2D eigenvalue weighted by Crippen LogP contribution is 2.18. The van der Waals surface area contributed by atoms with Gasteiger partial charge >= 0.3 is 0 Å². The summed E-state index contributed by atoms with van der Waals surface area (Å²) in [7, 11) is 1.99. The van der Waals surface area contributed by atoms with Crippen molar-refractivity contribution in [3.05, 3.63) is 63.6 Å². The standard InChI is InChI=1S/C19H19BrN4O2/c1-3-23(2)15-6-4-5-14(10-15)22-18(25)11-24-12-21-17-8-7-13(20)9-16(17)19(24)26/h4-10,12H,3,11H2,1-2H3,(H,22,25).